The first-order valence-electron chi connectivity index (χ1n) is 9.77. The van der Waals surface area contributed by atoms with E-state index in [-0.39, 0.29) is 11.3 Å². The van der Waals surface area contributed by atoms with E-state index in [4.69, 9.17) is 0 Å². The van der Waals surface area contributed by atoms with Crippen molar-refractivity contribution in [2.45, 2.75) is 19.0 Å². The number of carbonyl (C=O) groups is 2. The maximum absolute atomic E-state index is 13.5. The Balaban J connectivity index is 1.74. The fourth-order valence-corrected chi connectivity index (χ4v) is 3.80. The SMILES string of the molecule is O=C(c1cccc([N+](=O)[O-])c1)[C@H](C(=O)N1CCc2ccccc2C1)n1ccccc1=O. The van der Waals surface area contributed by atoms with Gasteiger partial charge in [-0.1, -0.05) is 42.5 Å². The molecule has 0 aliphatic carbocycles. The summed E-state index contributed by atoms with van der Waals surface area (Å²) in [5.74, 6) is -1.18. The van der Waals surface area contributed by atoms with E-state index in [9.17, 15) is 24.5 Å². The zero-order valence-corrected chi connectivity index (χ0v) is 16.5. The Bertz CT molecular complexity index is 1230. The second-order valence-corrected chi connectivity index (χ2v) is 7.30. The van der Waals surface area contributed by atoms with Crippen LogP contribution < -0.4 is 5.56 Å². The van der Waals surface area contributed by atoms with Crippen molar-refractivity contribution in [1.29, 1.82) is 0 Å². The maximum atomic E-state index is 13.5. The number of pyridine rings is 1. The van der Waals surface area contributed by atoms with Crippen LogP contribution in [0.1, 0.15) is 27.5 Å². The smallest absolute Gasteiger partial charge is 0.270 e. The Morgan fingerprint density at radius 1 is 0.968 bits per heavy atom. The average Bonchev–Trinajstić information content (AvgIpc) is 2.80. The predicted octanol–water partition coefficient (Wildman–Crippen LogP) is 2.77. The molecule has 8 heteroatoms. The third-order valence-corrected chi connectivity index (χ3v) is 5.40. The summed E-state index contributed by atoms with van der Waals surface area (Å²) in [6.45, 7) is 0.742. The van der Waals surface area contributed by atoms with Gasteiger partial charge in [0.15, 0.2) is 11.8 Å². The number of hydrogen-bond acceptors (Lipinski definition) is 5. The Morgan fingerprint density at radius 2 is 1.71 bits per heavy atom. The van der Waals surface area contributed by atoms with Crippen LogP contribution >= 0.6 is 0 Å². The molecule has 156 valence electrons. The van der Waals surface area contributed by atoms with Crippen molar-refractivity contribution in [3.8, 4) is 0 Å². The van der Waals surface area contributed by atoms with Crippen LogP contribution in [0.15, 0.2) is 77.7 Å². The van der Waals surface area contributed by atoms with Gasteiger partial charge in [0.25, 0.3) is 17.2 Å². The van der Waals surface area contributed by atoms with Gasteiger partial charge in [-0.2, -0.15) is 0 Å². The molecule has 0 bridgehead atoms. The number of nitro groups is 1. The lowest BCUT2D eigenvalue weighted by atomic mass is 9.97. The number of carbonyl (C=O) groups excluding carboxylic acids is 2. The van der Waals surface area contributed by atoms with Gasteiger partial charge in [-0.05, 0) is 23.6 Å². The summed E-state index contributed by atoms with van der Waals surface area (Å²) in [5.41, 5.74) is 1.37. The molecule has 3 aromatic rings. The minimum Gasteiger partial charge on any atom is -0.336 e. The minimum absolute atomic E-state index is 0.000660. The summed E-state index contributed by atoms with van der Waals surface area (Å²) in [4.78, 5) is 51.4. The van der Waals surface area contributed by atoms with Gasteiger partial charge in [-0.15, -0.1) is 0 Å². The topological polar surface area (TPSA) is 103 Å². The molecule has 0 N–H and O–H groups in total. The monoisotopic (exact) mass is 417 g/mol. The van der Waals surface area contributed by atoms with Gasteiger partial charge in [-0.25, -0.2) is 0 Å². The summed E-state index contributed by atoms with van der Waals surface area (Å²) < 4.78 is 1.09. The number of hydrogen-bond donors (Lipinski definition) is 0. The fourth-order valence-electron chi connectivity index (χ4n) is 3.80. The Kier molecular flexibility index (Phi) is 5.44. The highest BCUT2D eigenvalue weighted by molar-refractivity contribution is 6.12. The molecule has 1 aliphatic heterocycles. The van der Waals surface area contributed by atoms with Gasteiger partial charge in [-0.3, -0.25) is 29.1 Å². The van der Waals surface area contributed by atoms with Crippen molar-refractivity contribution in [2.75, 3.05) is 6.54 Å². The first-order valence-corrected chi connectivity index (χ1v) is 9.77. The first-order chi connectivity index (χ1) is 15.0. The maximum Gasteiger partial charge on any atom is 0.270 e. The Morgan fingerprint density at radius 3 is 2.45 bits per heavy atom. The lowest BCUT2D eigenvalue weighted by Gasteiger charge is -2.32. The number of nitro benzene ring substituents is 1. The second-order valence-electron chi connectivity index (χ2n) is 7.30. The van der Waals surface area contributed by atoms with E-state index >= 15 is 0 Å². The number of ketones is 1. The van der Waals surface area contributed by atoms with Crippen LogP contribution in [0.25, 0.3) is 0 Å². The Labute approximate surface area is 177 Å². The van der Waals surface area contributed by atoms with E-state index in [0.717, 1.165) is 21.8 Å². The van der Waals surface area contributed by atoms with Gasteiger partial charge < -0.3 is 4.90 Å². The van der Waals surface area contributed by atoms with Crippen molar-refractivity contribution < 1.29 is 14.5 Å². The van der Waals surface area contributed by atoms with Crippen LogP contribution in [0, 0.1) is 10.1 Å². The number of benzene rings is 2. The summed E-state index contributed by atoms with van der Waals surface area (Å²) >= 11 is 0. The zero-order valence-electron chi connectivity index (χ0n) is 16.5. The van der Waals surface area contributed by atoms with E-state index in [2.05, 4.69) is 0 Å². The molecule has 0 fully saturated rings. The van der Waals surface area contributed by atoms with Crippen LogP contribution in [0.2, 0.25) is 0 Å². The molecule has 0 spiro atoms. The minimum atomic E-state index is -1.44. The van der Waals surface area contributed by atoms with E-state index in [1.807, 2.05) is 24.3 Å². The number of non-ortho nitro benzene ring substituents is 1. The molecule has 8 nitrogen and oxygen atoms in total. The normalized spacial score (nSPS) is 13.9. The molecule has 0 saturated carbocycles. The third kappa shape index (κ3) is 4.00. The van der Waals surface area contributed by atoms with Crippen LogP contribution in [-0.4, -0.2) is 32.6 Å². The van der Waals surface area contributed by atoms with Gasteiger partial charge >= 0.3 is 0 Å². The summed E-state index contributed by atoms with van der Waals surface area (Å²) in [5, 5.41) is 11.1. The molecular weight excluding hydrogens is 398 g/mol. The fraction of sp³-hybridized carbons (Fsp3) is 0.174. The summed E-state index contributed by atoms with van der Waals surface area (Å²) in [7, 11) is 0. The number of aromatic nitrogens is 1. The summed E-state index contributed by atoms with van der Waals surface area (Å²) in [6, 6.07) is 15.9. The zero-order chi connectivity index (χ0) is 22.0. The van der Waals surface area contributed by atoms with Crippen molar-refractivity contribution in [3.05, 3.63) is 110 Å². The van der Waals surface area contributed by atoms with Crippen LogP contribution in [-0.2, 0) is 17.8 Å². The van der Waals surface area contributed by atoms with Crippen LogP contribution in [0.3, 0.4) is 0 Å². The average molecular weight is 417 g/mol. The van der Waals surface area contributed by atoms with E-state index in [1.54, 1.807) is 11.0 Å². The number of Topliss-reactive ketones (excluding diaryl/α,β-unsaturated/α-hetero) is 1. The lowest BCUT2D eigenvalue weighted by molar-refractivity contribution is -0.384. The molecule has 0 saturated heterocycles. The quantitative estimate of drug-likeness (QED) is 0.275. The highest BCUT2D eigenvalue weighted by atomic mass is 16.6. The Hall–Kier alpha value is -4.07. The molecule has 1 aliphatic rings. The highest BCUT2D eigenvalue weighted by Gasteiger charge is 2.35. The number of nitrogens with zero attached hydrogens (tertiary/aromatic N) is 3. The van der Waals surface area contributed by atoms with Gasteiger partial charge in [0.2, 0.25) is 0 Å². The molecule has 1 amide bonds. The van der Waals surface area contributed by atoms with E-state index in [0.29, 0.717) is 19.5 Å². The lowest BCUT2D eigenvalue weighted by Crippen LogP contribution is -2.45. The molecule has 1 atom stereocenters. The van der Waals surface area contributed by atoms with Crippen molar-refractivity contribution in [1.82, 2.24) is 9.47 Å². The van der Waals surface area contributed by atoms with Crippen molar-refractivity contribution >= 4 is 17.4 Å². The number of amides is 1. The van der Waals surface area contributed by atoms with E-state index < -0.39 is 28.2 Å². The van der Waals surface area contributed by atoms with Crippen LogP contribution in [0.4, 0.5) is 5.69 Å². The molecule has 0 radical (unpaired) electrons. The van der Waals surface area contributed by atoms with Gasteiger partial charge in [0, 0.05) is 43.0 Å². The molecule has 2 heterocycles. The standard InChI is InChI=1S/C23H19N3O5/c27-20-10-3-4-12-25(20)21(22(28)17-8-5-9-19(14-17)26(30)31)23(29)24-13-11-16-6-1-2-7-18(16)15-24/h1-10,12,14,21H,11,13,15H2/t21-/m1/s1. The highest BCUT2D eigenvalue weighted by Crippen LogP contribution is 2.24. The molecular formula is C23H19N3O5. The third-order valence-electron chi connectivity index (χ3n) is 5.40. The number of fused-ring (bicyclic) bond motifs is 1. The largest absolute Gasteiger partial charge is 0.336 e. The van der Waals surface area contributed by atoms with E-state index in [1.165, 1.54) is 36.5 Å². The van der Waals surface area contributed by atoms with Gasteiger partial charge in [0.05, 0.1) is 4.92 Å². The molecule has 1 aromatic heterocycles. The van der Waals surface area contributed by atoms with Gasteiger partial charge in [0.1, 0.15) is 0 Å². The second kappa shape index (κ2) is 8.35. The summed E-state index contributed by atoms with van der Waals surface area (Å²) in [6.07, 6.45) is 2.03. The van der Waals surface area contributed by atoms with Crippen molar-refractivity contribution in [2.24, 2.45) is 0 Å². The molecule has 4 rings (SSSR count). The van der Waals surface area contributed by atoms with Crippen LogP contribution in [0.5, 0.6) is 0 Å². The molecule has 2 aromatic carbocycles. The molecule has 0 unspecified atom stereocenters. The molecule has 31 heavy (non-hydrogen) atoms. The number of rotatable bonds is 5. The van der Waals surface area contributed by atoms with Crippen molar-refractivity contribution in [3.63, 3.8) is 0 Å². The predicted molar refractivity (Wildman–Crippen MR) is 113 cm³/mol. The first kappa shape index (κ1) is 20.2.